The van der Waals surface area contributed by atoms with E-state index in [2.05, 4.69) is 12.2 Å². The lowest BCUT2D eigenvalue weighted by molar-refractivity contribution is -0.121. The van der Waals surface area contributed by atoms with E-state index in [9.17, 15) is 13.2 Å². The van der Waals surface area contributed by atoms with Crippen molar-refractivity contribution in [2.45, 2.75) is 32.6 Å². The summed E-state index contributed by atoms with van der Waals surface area (Å²) >= 11 is 6.03. The van der Waals surface area contributed by atoms with Crippen LogP contribution < -0.4 is 9.62 Å². The highest BCUT2D eigenvalue weighted by molar-refractivity contribution is 7.92. The molecule has 2 aromatic carbocycles. The van der Waals surface area contributed by atoms with Crippen molar-refractivity contribution in [3.05, 3.63) is 64.7 Å². The Bertz CT molecular complexity index is 901. The lowest BCUT2D eigenvalue weighted by Crippen LogP contribution is -2.33. The number of sulfonamides is 1. The zero-order chi connectivity index (χ0) is 20.7. The molecular formula is C21H27ClN2O3S. The van der Waals surface area contributed by atoms with Crippen molar-refractivity contribution in [1.82, 2.24) is 5.32 Å². The van der Waals surface area contributed by atoms with Crippen molar-refractivity contribution >= 4 is 33.2 Å². The average molecular weight is 423 g/mol. The summed E-state index contributed by atoms with van der Waals surface area (Å²) in [5.41, 5.74) is 2.53. The standard InChI is InChI=1S/C21H27ClN2O3S/c1-16-11-12-19(22)14-20(16)24(28(3,26)27)13-7-10-21(25)23-15-17(2)18-8-5-4-6-9-18/h4-6,8-9,11-12,14,17H,7,10,13,15H2,1-3H3,(H,23,25)/t17-/m1/s1. The lowest BCUT2D eigenvalue weighted by Gasteiger charge is -2.24. The van der Waals surface area contributed by atoms with Crippen molar-refractivity contribution in [2.24, 2.45) is 0 Å². The van der Waals surface area contributed by atoms with Gasteiger partial charge in [0.25, 0.3) is 0 Å². The average Bonchev–Trinajstić information content (AvgIpc) is 2.65. The Morgan fingerprint density at radius 3 is 2.50 bits per heavy atom. The molecule has 0 bridgehead atoms. The third kappa shape index (κ3) is 6.53. The molecule has 5 nitrogen and oxygen atoms in total. The first-order chi connectivity index (χ1) is 13.2. The molecule has 28 heavy (non-hydrogen) atoms. The summed E-state index contributed by atoms with van der Waals surface area (Å²) in [4.78, 5) is 12.2. The summed E-state index contributed by atoms with van der Waals surface area (Å²) < 4.78 is 25.8. The van der Waals surface area contributed by atoms with Gasteiger partial charge in [0.15, 0.2) is 0 Å². The van der Waals surface area contributed by atoms with E-state index in [0.717, 1.165) is 11.8 Å². The van der Waals surface area contributed by atoms with Gasteiger partial charge in [-0.1, -0.05) is 54.9 Å². The number of carbonyl (C=O) groups excluding carboxylic acids is 1. The SMILES string of the molecule is Cc1ccc(Cl)cc1N(CCCC(=O)NC[C@@H](C)c1ccccc1)S(C)(=O)=O. The molecule has 7 heteroatoms. The first-order valence-corrected chi connectivity index (χ1v) is 11.5. The molecule has 1 N–H and O–H groups in total. The topological polar surface area (TPSA) is 66.5 Å². The summed E-state index contributed by atoms with van der Waals surface area (Å²) in [6.07, 6.45) is 1.84. The third-order valence-electron chi connectivity index (χ3n) is 4.58. The highest BCUT2D eigenvalue weighted by atomic mass is 35.5. The Hall–Kier alpha value is -2.05. The molecule has 0 aliphatic rings. The van der Waals surface area contributed by atoms with Crippen LogP contribution >= 0.6 is 11.6 Å². The minimum absolute atomic E-state index is 0.0842. The van der Waals surface area contributed by atoms with Gasteiger partial charge in [0.05, 0.1) is 11.9 Å². The number of hydrogen-bond acceptors (Lipinski definition) is 3. The van der Waals surface area contributed by atoms with E-state index in [1.807, 2.05) is 37.3 Å². The summed E-state index contributed by atoms with van der Waals surface area (Å²) in [5.74, 6) is 0.130. The molecule has 0 saturated heterocycles. The minimum atomic E-state index is -3.47. The van der Waals surface area contributed by atoms with Crippen LogP contribution in [0.3, 0.4) is 0 Å². The lowest BCUT2D eigenvalue weighted by atomic mass is 10.0. The summed E-state index contributed by atoms with van der Waals surface area (Å²) in [6.45, 7) is 4.66. The van der Waals surface area contributed by atoms with Crippen molar-refractivity contribution in [3.8, 4) is 0 Å². The highest BCUT2D eigenvalue weighted by Crippen LogP contribution is 2.26. The van der Waals surface area contributed by atoms with Gasteiger partial charge >= 0.3 is 0 Å². The molecule has 2 aromatic rings. The number of halogens is 1. The highest BCUT2D eigenvalue weighted by Gasteiger charge is 2.20. The maximum Gasteiger partial charge on any atom is 0.232 e. The van der Waals surface area contributed by atoms with Crippen molar-refractivity contribution in [2.75, 3.05) is 23.7 Å². The number of hydrogen-bond donors (Lipinski definition) is 1. The Balaban J connectivity index is 1.90. The molecular weight excluding hydrogens is 396 g/mol. The van der Waals surface area contributed by atoms with Gasteiger partial charge < -0.3 is 5.32 Å². The van der Waals surface area contributed by atoms with Crippen LogP contribution in [0, 0.1) is 6.92 Å². The Kier molecular flexibility index (Phi) is 7.89. The van der Waals surface area contributed by atoms with E-state index in [1.165, 1.54) is 9.87 Å². The van der Waals surface area contributed by atoms with E-state index in [0.29, 0.717) is 23.7 Å². The second-order valence-corrected chi connectivity index (χ2v) is 9.33. The third-order valence-corrected chi connectivity index (χ3v) is 5.99. The second-order valence-electron chi connectivity index (χ2n) is 6.99. The van der Waals surface area contributed by atoms with Crippen LogP contribution in [0.25, 0.3) is 0 Å². The molecule has 0 heterocycles. The number of nitrogens with one attached hydrogen (secondary N) is 1. The number of aryl methyl sites for hydroxylation is 1. The van der Waals surface area contributed by atoms with Crippen LogP contribution in [0.4, 0.5) is 5.69 Å². The number of amides is 1. The molecule has 1 atom stereocenters. The van der Waals surface area contributed by atoms with E-state index in [-0.39, 0.29) is 24.8 Å². The van der Waals surface area contributed by atoms with E-state index in [1.54, 1.807) is 18.2 Å². The molecule has 0 saturated carbocycles. The summed E-state index contributed by atoms with van der Waals surface area (Å²) in [7, 11) is -3.47. The number of nitrogens with zero attached hydrogens (tertiary/aromatic N) is 1. The predicted molar refractivity (Wildman–Crippen MR) is 115 cm³/mol. The Morgan fingerprint density at radius 1 is 1.18 bits per heavy atom. The number of carbonyl (C=O) groups is 1. The number of benzene rings is 2. The number of rotatable bonds is 9. The van der Waals surface area contributed by atoms with Gasteiger partial charge in [0.1, 0.15) is 0 Å². The fourth-order valence-corrected chi connectivity index (χ4v) is 4.14. The van der Waals surface area contributed by atoms with Gasteiger partial charge in [-0.3, -0.25) is 9.10 Å². The summed E-state index contributed by atoms with van der Waals surface area (Å²) in [5, 5.41) is 3.40. The first-order valence-electron chi connectivity index (χ1n) is 9.24. The zero-order valence-corrected chi connectivity index (χ0v) is 18.1. The molecule has 0 fully saturated rings. The molecule has 0 aliphatic heterocycles. The van der Waals surface area contributed by atoms with Gasteiger partial charge in [0, 0.05) is 24.5 Å². The first kappa shape index (κ1) is 22.2. The molecule has 152 valence electrons. The quantitative estimate of drug-likeness (QED) is 0.661. The van der Waals surface area contributed by atoms with E-state index in [4.69, 9.17) is 11.6 Å². The smallest absolute Gasteiger partial charge is 0.232 e. The zero-order valence-electron chi connectivity index (χ0n) is 16.5. The molecule has 0 unspecified atom stereocenters. The Morgan fingerprint density at radius 2 is 1.86 bits per heavy atom. The number of anilines is 1. The minimum Gasteiger partial charge on any atom is -0.356 e. The fourth-order valence-electron chi connectivity index (χ4n) is 2.95. The largest absolute Gasteiger partial charge is 0.356 e. The monoisotopic (exact) mass is 422 g/mol. The van der Waals surface area contributed by atoms with Crippen LogP contribution in [-0.4, -0.2) is 33.7 Å². The van der Waals surface area contributed by atoms with Crippen LogP contribution in [0.1, 0.15) is 36.8 Å². The molecule has 0 spiro atoms. The van der Waals surface area contributed by atoms with Crippen LogP contribution in [0.15, 0.2) is 48.5 Å². The molecule has 1 amide bonds. The molecule has 0 aliphatic carbocycles. The maximum absolute atomic E-state index is 12.2. The van der Waals surface area contributed by atoms with Gasteiger partial charge in [0.2, 0.25) is 15.9 Å². The second kappa shape index (κ2) is 9.94. The van der Waals surface area contributed by atoms with Crippen LogP contribution in [0.5, 0.6) is 0 Å². The summed E-state index contributed by atoms with van der Waals surface area (Å²) in [6, 6.07) is 15.1. The van der Waals surface area contributed by atoms with Crippen LogP contribution in [0.2, 0.25) is 5.02 Å². The normalized spacial score (nSPS) is 12.4. The maximum atomic E-state index is 12.2. The Labute approximate surface area is 172 Å². The van der Waals surface area contributed by atoms with E-state index >= 15 is 0 Å². The molecule has 2 rings (SSSR count). The van der Waals surface area contributed by atoms with Crippen molar-refractivity contribution in [1.29, 1.82) is 0 Å². The molecule has 0 radical (unpaired) electrons. The van der Waals surface area contributed by atoms with Gasteiger partial charge in [-0.15, -0.1) is 0 Å². The van der Waals surface area contributed by atoms with Gasteiger partial charge in [-0.2, -0.15) is 0 Å². The van der Waals surface area contributed by atoms with Crippen molar-refractivity contribution in [3.63, 3.8) is 0 Å². The molecule has 0 aromatic heterocycles. The van der Waals surface area contributed by atoms with Crippen molar-refractivity contribution < 1.29 is 13.2 Å². The van der Waals surface area contributed by atoms with Gasteiger partial charge in [-0.25, -0.2) is 8.42 Å². The predicted octanol–water partition coefficient (Wildman–Crippen LogP) is 4.11. The van der Waals surface area contributed by atoms with E-state index < -0.39 is 10.0 Å². The fraction of sp³-hybridized carbons (Fsp3) is 0.381. The van der Waals surface area contributed by atoms with Gasteiger partial charge in [-0.05, 0) is 42.5 Å². The van der Waals surface area contributed by atoms with Crippen LogP contribution in [-0.2, 0) is 14.8 Å².